The van der Waals surface area contributed by atoms with Crippen molar-refractivity contribution in [3.63, 3.8) is 0 Å². The molecule has 2 heterocycles. The Morgan fingerprint density at radius 3 is 2.23 bits per heavy atom. The number of nitrogens with zero attached hydrogens (tertiary/aromatic N) is 3. The Labute approximate surface area is 217 Å². The summed E-state index contributed by atoms with van der Waals surface area (Å²) in [7, 11) is -3.26. The Bertz CT molecular complexity index is 1170. The summed E-state index contributed by atoms with van der Waals surface area (Å²) in [5.74, 6) is 0.846. The number of piperazine rings is 1. The Kier molecular flexibility index (Phi) is 7.86. The molecule has 0 bridgehead atoms. The molecule has 2 aliphatic heterocycles. The van der Waals surface area contributed by atoms with E-state index in [1.807, 2.05) is 55.1 Å². The molecule has 0 unspecified atom stereocenters. The number of likely N-dealkylation sites (tertiary alicyclic amines) is 1. The first kappa shape index (κ1) is 26.1. The third-order valence-electron chi connectivity index (χ3n) is 6.93. The zero-order valence-corrected chi connectivity index (χ0v) is 22.5. The molecular formula is C25H31Cl2N3O4S. The molecule has 4 rings (SSSR count). The van der Waals surface area contributed by atoms with E-state index in [2.05, 4.69) is 0 Å². The number of benzene rings is 2. The van der Waals surface area contributed by atoms with Crippen molar-refractivity contribution >= 4 is 39.3 Å². The van der Waals surface area contributed by atoms with Crippen molar-refractivity contribution in [2.75, 3.05) is 45.5 Å². The molecule has 2 amide bonds. The molecule has 190 valence electrons. The molecule has 2 saturated heterocycles. The van der Waals surface area contributed by atoms with Crippen molar-refractivity contribution in [2.45, 2.75) is 25.9 Å². The van der Waals surface area contributed by atoms with Gasteiger partial charge in [-0.3, -0.25) is 0 Å². The van der Waals surface area contributed by atoms with Gasteiger partial charge in [0.15, 0.2) is 0 Å². The predicted octanol–water partition coefficient (Wildman–Crippen LogP) is 4.48. The fourth-order valence-corrected chi connectivity index (χ4v) is 6.02. The van der Waals surface area contributed by atoms with Gasteiger partial charge in [0.05, 0.1) is 16.3 Å². The van der Waals surface area contributed by atoms with E-state index in [0.717, 1.165) is 16.9 Å². The van der Waals surface area contributed by atoms with Gasteiger partial charge in [-0.05, 0) is 43.7 Å². The minimum absolute atomic E-state index is 0.0199. The van der Waals surface area contributed by atoms with Crippen molar-refractivity contribution in [1.29, 1.82) is 0 Å². The molecule has 0 saturated carbocycles. The fourth-order valence-electron chi connectivity index (χ4n) is 4.89. The van der Waals surface area contributed by atoms with Crippen LogP contribution in [0.1, 0.15) is 24.0 Å². The first-order chi connectivity index (χ1) is 16.5. The van der Waals surface area contributed by atoms with Crippen molar-refractivity contribution < 1.29 is 17.9 Å². The van der Waals surface area contributed by atoms with Gasteiger partial charge in [-0.25, -0.2) is 13.2 Å². The zero-order valence-electron chi connectivity index (χ0n) is 20.2. The Balaban J connectivity index is 1.52. The van der Waals surface area contributed by atoms with Crippen molar-refractivity contribution in [1.82, 2.24) is 14.1 Å². The number of hydrogen-bond acceptors (Lipinski definition) is 4. The topological polar surface area (TPSA) is 70.2 Å². The van der Waals surface area contributed by atoms with Crippen molar-refractivity contribution in [3.05, 3.63) is 63.6 Å². The smallest absolute Gasteiger partial charge is 0.320 e. The maximum absolute atomic E-state index is 13.4. The van der Waals surface area contributed by atoms with Gasteiger partial charge in [-0.2, -0.15) is 4.31 Å². The molecule has 2 aliphatic rings. The fraction of sp³-hybridized carbons (Fsp3) is 0.480. The Hall–Kier alpha value is -2.00. The van der Waals surface area contributed by atoms with E-state index < -0.39 is 10.0 Å². The number of sulfonamides is 1. The minimum Gasteiger partial charge on any atom is -0.490 e. The van der Waals surface area contributed by atoms with Gasteiger partial charge in [-0.15, -0.1) is 0 Å². The lowest BCUT2D eigenvalue weighted by Crippen LogP contribution is -2.53. The first-order valence-corrected chi connectivity index (χ1v) is 14.3. The summed E-state index contributed by atoms with van der Waals surface area (Å²) in [5, 5.41) is 0.974. The first-order valence-electron chi connectivity index (χ1n) is 11.7. The van der Waals surface area contributed by atoms with Crippen LogP contribution in [0.3, 0.4) is 0 Å². The lowest BCUT2D eigenvalue weighted by Gasteiger charge is -2.35. The van der Waals surface area contributed by atoms with Crippen LogP contribution in [0.15, 0.2) is 42.5 Å². The van der Waals surface area contributed by atoms with Crippen LogP contribution < -0.4 is 4.74 Å². The van der Waals surface area contributed by atoms with E-state index in [4.69, 9.17) is 27.9 Å². The van der Waals surface area contributed by atoms with Crippen LogP contribution in [0, 0.1) is 12.8 Å². The van der Waals surface area contributed by atoms with Crippen molar-refractivity contribution in [3.8, 4) is 5.75 Å². The van der Waals surface area contributed by atoms with Gasteiger partial charge in [0, 0.05) is 51.1 Å². The number of amides is 2. The van der Waals surface area contributed by atoms with Crippen LogP contribution >= 0.6 is 23.2 Å². The molecule has 0 aromatic heterocycles. The summed E-state index contributed by atoms with van der Waals surface area (Å²) in [6.45, 7) is 6.49. The van der Waals surface area contributed by atoms with Gasteiger partial charge in [0.1, 0.15) is 11.9 Å². The summed E-state index contributed by atoms with van der Waals surface area (Å²) in [4.78, 5) is 17.0. The molecule has 0 aliphatic carbocycles. The highest BCUT2D eigenvalue weighted by Gasteiger charge is 2.42. The largest absolute Gasteiger partial charge is 0.490 e. The average molecular weight is 541 g/mol. The standard InChI is InChI=1S/C25H31Cl2N3O4S/c1-17-4-7-20(8-5-17)34-18(2)21-15-29(16-22(21)19-6-9-23(26)24(27)14-19)25(31)28-10-12-30(13-11-28)35(3,32)33/h4-9,14,18,21-22H,10-13,15-16H2,1-3H3/t18-,21+,22+/m1/s1. The van der Waals surface area contributed by atoms with Gasteiger partial charge in [0.25, 0.3) is 0 Å². The zero-order chi connectivity index (χ0) is 25.3. The van der Waals surface area contributed by atoms with E-state index >= 15 is 0 Å². The van der Waals surface area contributed by atoms with Crippen LogP contribution in [0.4, 0.5) is 4.79 Å². The molecule has 7 nitrogen and oxygen atoms in total. The molecular weight excluding hydrogens is 509 g/mol. The normalized spacial score (nSPS) is 22.3. The third-order valence-corrected chi connectivity index (χ3v) is 8.97. The van der Waals surface area contributed by atoms with Crippen LogP contribution in [0.2, 0.25) is 10.0 Å². The van der Waals surface area contributed by atoms with Crippen LogP contribution in [0.25, 0.3) is 0 Å². The molecule has 2 aromatic rings. The Morgan fingerprint density at radius 2 is 1.63 bits per heavy atom. The number of carbonyl (C=O) groups is 1. The average Bonchev–Trinajstić information content (AvgIpc) is 3.27. The number of urea groups is 1. The number of carbonyl (C=O) groups excluding carboxylic acids is 1. The highest BCUT2D eigenvalue weighted by Crippen LogP contribution is 2.38. The highest BCUT2D eigenvalue weighted by atomic mass is 35.5. The number of ether oxygens (including phenoxy) is 1. The number of halogens is 2. The maximum Gasteiger partial charge on any atom is 0.320 e. The summed E-state index contributed by atoms with van der Waals surface area (Å²) in [6, 6.07) is 13.5. The summed E-state index contributed by atoms with van der Waals surface area (Å²) >= 11 is 12.5. The Morgan fingerprint density at radius 1 is 0.971 bits per heavy atom. The van der Waals surface area contributed by atoms with Gasteiger partial charge < -0.3 is 14.5 Å². The van der Waals surface area contributed by atoms with E-state index in [1.165, 1.54) is 10.6 Å². The number of hydrogen-bond donors (Lipinski definition) is 0. The van der Waals surface area contributed by atoms with Crippen molar-refractivity contribution in [2.24, 2.45) is 5.92 Å². The SMILES string of the molecule is Cc1ccc(O[C@H](C)[C@@H]2CN(C(=O)N3CCN(S(C)(=O)=O)CC3)C[C@H]2c2ccc(Cl)c(Cl)c2)cc1. The maximum atomic E-state index is 13.4. The quantitative estimate of drug-likeness (QED) is 0.561. The highest BCUT2D eigenvalue weighted by molar-refractivity contribution is 7.88. The monoisotopic (exact) mass is 539 g/mol. The number of aryl methyl sites for hydroxylation is 1. The third kappa shape index (κ3) is 6.05. The van der Waals surface area contributed by atoms with Crippen LogP contribution in [-0.4, -0.2) is 80.2 Å². The molecule has 35 heavy (non-hydrogen) atoms. The van der Waals surface area contributed by atoms with Gasteiger partial charge in [0.2, 0.25) is 10.0 Å². The molecule has 3 atom stereocenters. The second kappa shape index (κ2) is 10.5. The number of rotatable bonds is 5. The second-order valence-corrected chi connectivity index (χ2v) is 12.2. The van der Waals surface area contributed by atoms with Gasteiger partial charge in [-0.1, -0.05) is 47.0 Å². The lowest BCUT2D eigenvalue weighted by atomic mass is 9.85. The van der Waals surface area contributed by atoms with Gasteiger partial charge >= 0.3 is 6.03 Å². The van der Waals surface area contributed by atoms with E-state index in [1.54, 1.807) is 11.0 Å². The molecule has 10 heteroatoms. The molecule has 2 fully saturated rings. The minimum atomic E-state index is -3.26. The van der Waals surface area contributed by atoms with Crippen LogP contribution in [0.5, 0.6) is 5.75 Å². The molecule has 0 radical (unpaired) electrons. The molecule has 0 spiro atoms. The summed E-state index contributed by atoms with van der Waals surface area (Å²) in [6.07, 6.45) is 1.05. The second-order valence-electron chi connectivity index (χ2n) is 9.42. The summed E-state index contributed by atoms with van der Waals surface area (Å²) in [5.41, 5.74) is 2.17. The van der Waals surface area contributed by atoms with E-state index in [0.29, 0.717) is 49.3 Å². The molecule has 0 N–H and O–H groups in total. The summed E-state index contributed by atoms with van der Waals surface area (Å²) < 4.78 is 31.4. The van der Waals surface area contributed by atoms with E-state index in [-0.39, 0.29) is 24.0 Å². The predicted molar refractivity (Wildman–Crippen MR) is 139 cm³/mol. The van der Waals surface area contributed by atoms with E-state index in [9.17, 15) is 13.2 Å². The van der Waals surface area contributed by atoms with Crippen LogP contribution in [-0.2, 0) is 10.0 Å². The lowest BCUT2D eigenvalue weighted by molar-refractivity contribution is 0.129. The molecule has 2 aromatic carbocycles.